The summed E-state index contributed by atoms with van der Waals surface area (Å²) in [6, 6.07) is 22.6. The number of hydrogen-bond donors (Lipinski definition) is 3. The summed E-state index contributed by atoms with van der Waals surface area (Å²) in [7, 11) is 0. The summed E-state index contributed by atoms with van der Waals surface area (Å²) in [5, 5.41) is 3.38. The Morgan fingerprint density at radius 3 is 2.38 bits per heavy atom. The molecule has 0 saturated carbocycles. The van der Waals surface area contributed by atoms with Gasteiger partial charge in [0.05, 0.1) is 6.54 Å². The minimum atomic E-state index is -0.885. The third kappa shape index (κ3) is 4.66. The summed E-state index contributed by atoms with van der Waals surface area (Å²) in [4.78, 5) is 52.6. The average Bonchev–Trinajstić information content (AvgIpc) is 3.41. The Morgan fingerprint density at radius 1 is 0.892 bits per heavy atom. The maximum Gasteiger partial charge on any atom is 0.305 e. The first-order chi connectivity index (χ1) is 17.9. The Kier molecular flexibility index (Phi) is 6.42. The minimum absolute atomic E-state index is 0.0863. The van der Waals surface area contributed by atoms with Crippen molar-refractivity contribution in [3.05, 3.63) is 107 Å². The maximum absolute atomic E-state index is 13.2. The van der Waals surface area contributed by atoms with E-state index in [1.165, 1.54) is 4.90 Å². The average molecular weight is 497 g/mol. The van der Waals surface area contributed by atoms with Crippen molar-refractivity contribution in [3.8, 4) is 0 Å². The molecule has 1 aliphatic rings. The second kappa shape index (κ2) is 9.98. The van der Waals surface area contributed by atoms with Gasteiger partial charge < -0.3 is 14.6 Å². The summed E-state index contributed by atoms with van der Waals surface area (Å²) >= 11 is 0. The maximum atomic E-state index is 13.2. The van der Waals surface area contributed by atoms with Gasteiger partial charge >= 0.3 is 5.91 Å². The molecule has 9 heteroatoms. The molecule has 0 unspecified atom stereocenters. The van der Waals surface area contributed by atoms with Crippen LogP contribution >= 0.6 is 0 Å². The number of nitrogens with one attached hydrogen (secondary N) is 3. The smallest absolute Gasteiger partial charge is 0.305 e. The number of carbonyl (C=O) groups excluding carboxylic acids is 4. The van der Waals surface area contributed by atoms with E-state index in [-0.39, 0.29) is 18.2 Å². The van der Waals surface area contributed by atoms with Crippen molar-refractivity contribution in [3.63, 3.8) is 0 Å². The minimum Gasteiger partial charge on any atom is -0.451 e. The monoisotopic (exact) mass is 496 g/mol. The number of benzene rings is 3. The molecule has 37 heavy (non-hydrogen) atoms. The molecule has 0 spiro atoms. The van der Waals surface area contributed by atoms with Crippen molar-refractivity contribution in [2.24, 2.45) is 0 Å². The fourth-order valence-electron chi connectivity index (χ4n) is 4.48. The lowest BCUT2D eigenvalue weighted by Crippen LogP contribution is -2.48. The van der Waals surface area contributed by atoms with Crippen LogP contribution in [0.5, 0.6) is 0 Å². The van der Waals surface area contributed by atoms with E-state index in [1.807, 2.05) is 42.5 Å². The summed E-state index contributed by atoms with van der Waals surface area (Å²) in [6.07, 6.45) is 0. The third-order valence-electron chi connectivity index (χ3n) is 6.29. The molecule has 4 aromatic rings. The Labute approximate surface area is 212 Å². The number of furan rings is 1. The second-order valence-corrected chi connectivity index (χ2v) is 8.68. The van der Waals surface area contributed by atoms with Gasteiger partial charge in [0.25, 0.3) is 11.8 Å². The molecule has 2 heterocycles. The van der Waals surface area contributed by atoms with E-state index in [2.05, 4.69) is 16.2 Å². The number of aryl methyl sites for hydroxylation is 1. The fourth-order valence-corrected chi connectivity index (χ4v) is 4.48. The number of para-hydroxylation sites is 1. The van der Waals surface area contributed by atoms with Gasteiger partial charge in [0.15, 0.2) is 5.76 Å². The highest BCUT2D eigenvalue weighted by molar-refractivity contribution is 6.05. The third-order valence-corrected chi connectivity index (χ3v) is 6.29. The van der Waals surface area contributed by atoms with Gasteiger partial charge in [-0.1, -0.05) is 66.7 Å². The molecule has 9 nitrogen and oxygen atoms in total. The summed E-state index contributed by atoms with van der Waals surface area (Å²) in [5.41, 5.74) is 7.72. The van der Waals surface area contributed by atoms with Crippen LogP contribution in [0, 0.1) is 6.92 Å². The zero-order valence-corrected chi connectivity index (χ0v) is 20.0. The van der Waals surface area contributed by atoms with Gasteiger partial charge in [0, 0.05) is 23.1 Å². The van der Waals surface area contributed by atoms with Gasteiger partial charge in [-0.25, -0.2) is 0 Å². The van der Waals surface area contributed by atoms with E-state index in [0.29, 0.717) is 22.3 Å². The fraction of sp³-hybridized carbons (Fsp3) is 0.143. The molecule has 5 rings (SSSR count). The first-order valence-electron chi connectivity index (χ1n) is 11.7. The van der Waals surface area contributed by atoms with Gasteiger partial charge in [0.1, 0.15) is 11.6 Å². The van der Waals surface area contributed by atoms with E-state index in [9.17, 15) is 19.2 Å². The molecule has 0 saturated heterocycles. The van der Waals surface area contributed by atoms with Crippen LogP contribution in [0.15, 0.2) is 83.3 Å². The van der Waals surface area contributed by atoms with E-state index >= 15 is 0 Å². The van der Waals surface area contributed by atoms with Crippen LogP contribution in [0.4, 0.5) is 0 Å². The van der Waals surface area contributed by atoms with Crippen molar-refractivity contribution in [1.29, 1.82) is 0 Å². The Hall–Kier alpha value is -4.92. The van der Waals surface area contributed by atoms with Crippen molar-refractivity contribution in [2.45, 2.75) is 19.5 Å². The first-order valence-corrected chi connectivity index (χ1v) is 11.7. The molecule has 0 radical (unpaired) electrons. The van der Waals surface area contributed by atoms with Crippen LogP contribution in [0.2, 0.25) is 0 Å². The molecular formula is C28H24N4O5. The Bertz CT molecular complexity index is 1510. The number of carbonyl (C=O) groups is 4. The topological polar surface area (TPSA) is 121 Å². The van der Waals surface area contributed by atoms with Gasteiger partial charge in [-0.05, 0) is 30.2 Å². The lowest BCUT2D eigenvalue weighted by atomic mass is 10.0. The lowest BCUT2D eigenvalue weighted by molar-refractivity contribution is -0.129. The lowest BCUT2D eigenvalue weighted by Gasteiger charge is -2.24. The Morgan fingerprint density at radius 2 is 1.59 bits per heavy atom. The SMILES string of the molecule is Cc1c(C(=O)NNC(=O)CNC(=O)[C@@H]2c3ccccc3C(=O)N2Cc2ccccc2)oc2ccccc12. The van der Waals surface area contributed by atoms with Crippen molar-refractivity contribution >= 4 is 34.6 Å². The van der Waals surface area contributed by atoms with E-state index in [4.69, 9.17) is 4.42 Å². The van der Waals surface area contributed by atoms with E-state index < -0.39 is 30.3 Å². The van der Waals surface area contributed by atoms with Crippen LogP contribution < -0.4 is 16.2 Å². The number of hydrogen-bond acceptors (Lipinski definition) is 5. The van der Waals surface area contributed by atoms with Gasteiger partial charge in [-0.2, -0.15) is 0 Å². The number of rotatable bonds is 6. The summed E-state index contributed by atoms with van der Waals surface area (Å²) in [5.74, 6) is -1.91. The van der Waals surface area contributed by atoms with Crippen molar-refractivity contribution in [2.75, 3.05) is 6.54 Å². The summed E-state index contributed by atoms with van der Waals surface area (Å²) < 4.78 is 5.59. The van der Waals surface area contributed by atoms with Crippen molar-refractivity contribution < 1.29 is 23.6 Å². The molecule has 3 aromatic carbocycles. The van der Waals surface area contributed by atoms with Crippen LogP contribution in [0.1, 0.15) is 43.6 Å². The van der Waals surface area contributed by atoms with E-state index in [0.717, 1.165) is 10.9 Å². The molecule has 0 aliphatic carbocycles. The second-order valence-electron chi connectivity index (χ2n) is 8.68. The standard InChI is InChI=1S/C28H24N4O5/c1-17-19-11-7-8-14-22(19)37-25(17)27(35)31-30-23(33)15-29-26(34)24-20-12-5-6-13-21(20)28(36)32(24)16-18-9-3-2-4-10-18/h2-14,24H,15-16H2,1H3,(H,29,34)(H,30,33)(H,31,35)/t24-/m0/s1. The van der Waals surface area contributed by atoms with Crippen LogP contribution in [0.25, 0.3) is 11.0 Å². The molecule has 4 amide bonds. The zero-order chi connectivity index (χ0) is 25.9. The molecule has 186 valence electrons. The number of fused-ring (bicyclic) bond motifs is 2. The van der Waals surface area contributed by atoms with Crippen LogP contribution in [-0.4, -0.2) is 35.1 Å². The quantitative estimate of drug-likeness (QED) is 0.355. The summed E-state index contributed by atoms with van der Waals surface area (Å²) in [6.45, 7) is 1.60. The molecule has 1 aliphatic heterocycles. The predicted molar refractivity (Wildman–Crippen MR) is 135 cm³/mol. The van der Waals surface area contributed by atoms with Crippen LogP contribution in [0.3, 0.4) is 0 Å². The highest BCUT2D eigenvalue weighted by atomic mass is 16.3. The zero-order valence-electron chi connectivity index (χ0n) is 20.0. The molecule has 1 atom stereocenters. The Balaban J connectivity index is 1.22. The highest BCUT2D eigenvalue weighted by Gasteiger charge is 2.40. The molecule has 1 aromatic heterocycles. The largest absolute Gasteiger partial charge is 0.451 e. The number of nitrogens with zero attached hydrogens (tertiary/aromatic N) is 1. The highest BCUT2D eigenvalue weighted by Crippen LogP contribution is 2.35. The molecule has 0 bridgehead atoms. The number of hydrazine groups is 1. The van der Waals surface area contributed by atoms with Gasteiger partial charge in [-0.15, -0.1) is 0 Å². The molecule has 0 fully saturated rings. The van der Waals surface area contributed by atoms with Gasteiger partial charge in [-0.3, -0.25) is 30.0 Å². The first kappa shape index (κ1) is 23.8. The predicted octanol–water partition coefficient (Wildman–Crippen LogP) is 3.02. The normalized spacial score (nSPS) is 14.4. The van der Waals surface area contributed by atoms with Crippen LogP contribution in [-0.2, 0) is 16.1 Å². The molecule has 3 N–H and O–H groups in total. The van der Waals surface area contributed by atoms with Gasteiger partial charge in [0.2, 0.25) is 5.91 Å². The molecular weight excluding hydrogens is 472 g/mol. The number of amides is 4. The van der Waals surface area contributed by atoms with Crippen molar-refractivity contribution in [1.82, 2.24) is 21.1 Å². The van der Waals surface area contributed by atoms with E-state index in [1.54, 1.807) is 43.3 Å².